The molecule has 2 unspecified atom stereocenters. The van der Waals surface area contributed by atoms with Gasteiger partial charge in [-0.25, -0.2) is 8.78 Å². The number of hydrogen-bond donors (Lipinski definition) is 0. The van der Waals surface area contributed by atoms with Crippen LogP contribution in [0.4, 0.5) is 8.78 Å². The summed E-state index contributed by atoms with van der Waals surface area (Å²) in [5.74, 6) is 3.88. The first-order valence-corrected chi connectivity index (χ1v) is 12.1. The van der Waals surface area contributed by atoms with Gasteiger partial charge in [-0.1, -0.05) is 32.3 Å². The number of hydrogen-bond acceptors (Lipinski definition) is 0. The van der Waals surface area contributed by atoms with Crippen LogP contribution < -0.4 is 0 Å². The molecule has 1 aromatic carbocycles. The van der Waals surface area contributed by atoms with Crippen LogP contribution in [0.3, 0.4) is 0 Å². The molecular formula is C26H38F2. The summed E-state index contributed by atoms with van der Waals surface area (Å²) in [6.45, 7) is 2.33. The van der Waals surface area contributed by atoms with E-state index in [1.807, 2.05) is 0 Å². The molecular weight excluding hydrogens is 350 g/mol. The van der Waals surface area contributed by atoms with E-state index in [0.717, 1.165) is 48.0 Å². The Morgan fingerprint density at radius 3 is 1.89 bits per heavy atom. The van der Waals surface area contributed by atoms with Crippen LogP contribution in [0.25, 0.3) is 0 Å². The van der Waals surface area contributed by atoms with Gasteiger partial charge in [0.25, 0.3) is 0 Å². The topological polar surface area (TPSA) is 0 Å². The summed E-state index contributed by atoms with van der Waals surface area (Å²) < 4.78 is 26.8. The van der Waals surface area contributed by atoms with Crippen LogP contribution in [0.5, 0.6) is 0 Å². The summed E-state index contributed by atoms with van der Waals surface area (Å²) in [5.41, 5.74) is 1.00. The van der Waals surface area contributed by atoms with E-state index in [-0.39, 0.29) is 0 Å². The molecule has 1 aromatic rings. The van der Waals surface area contributed by atoms with Crippen molar-refractivity contribution in [1.82, 2.24) is 0 Å². The minimum Gasteiger partial charge on any atom is -0.204 e. The van der Waals surface area contributed by atoms with Crippen molar-refractivity contribution in [1.29, 1.82) is 0 Å². The Morgan fingerprint density at radius 1 is 0.714 bits per heavy atom. The van der Waals surface area contributed by atoms with Gasteiger partial charge in [-0.3, -0.25) is 0 Å². The van der Waals surface area contributed by atoms with E-state index in [0.29, 0.717) is 5.92 Å². The zero-order valence-corrected chi connectivity index (χ0v) is 17.6. The molecule has 0 N–H and O–H groups in total. The Bertz CT molecular complexity index is 623. The van der Waals surface area contributed by atoms with Gasteiger partial charge in [0.05, 0.1) is 0 Å². The van der Waals surface area contributed by atoms with Crippen LogP contribution in [0.2, 0.25) is 0 Å². The van der Waals surface area contributed by atoms with Gasteiger partial charge in [0.2, 0.25) is 0 Å². The predicted octanol–water partition coefficient (Wildman–Crippen LogP) is 8.26. The van der Waals surface area contributed by atoms with Crippen LogP contribution in [0.15, 0.2) is 18.2 Å². The summed E-state index contributed by atoms with van der Waals surface area (Å²) >= 11 is 0. The molecule has 0 radical (unpaired) electrons. The van der Waals surface area contributed by atoms with Crippen molar-refractivity contribution < 1.29 is 8.78 Å². The molecule has 0 heterocycles. The maximum absolute atomic E-state index is 13.6. The second kappa shape index (κ2) is 9.26. The monoisotopic (exact) mass is 388 g/mol. The Morgan fingerprint density at radius 2 is 1.29 bits per heavy atom. The zero-order chi connectivity index (χ0) is 19.5. The van der Waals surface area contributed by atoms with Crippen molar-refractivity contribution in [2.75, 3.05) is 0 Å². The predicted molar refractivity (Wildman–Crippen MR) is 112 cm³/mol. The van der Waals surface area contributed by atoms with Gasteiger partial charge >= 0.3 is 0 Å². The van der Waals surface area contributed by atoms with E-state index in [9.17, 15) is 8.78 Å². The molecule has 3 aliphatic carbocycles. The average Bonchev–Trinajstić information content (AvgIpc) is 3.19. The molecule has 28 heavy (non-hydrogen) atoms. The lowest BCUT2D eigenvalue weighted by Gasteiger charge is -2.39. The van der Waals surface area contributed by atoms with Crippen molar-refractivity contribution in [3.05, 3.63) is 35.4 Å². The summed E-state index contributed by atoms with van der Waals surface area (Å²) in [4.78, 5) is 0. The third kappa shape index (κ3) is 4.62. The lowest BCUT2D eigenvalue weighted by atomic mass is 9.66. The van der Waals surface area contributed by atoms with E-state index >= 15 is 0 Å². The highest BCUT2D eigenvalue weighted by atomic mass is 19.2. The number of benzene rings is 1. The lowest BCUT2D eigenvalue weighted by molar-refractivity contribution is 0.134. The third-order valence-corrected chi connectivity index (χ3v) is 8.62. The molecule has 0 bridgehead atoms. The van der Waals surface area contributed by atoms with Crippen molar-refractivity contribution >= 4 is 0 Å². The van der Waals surface area contributed by atoms with Crippen LogP contribution >= 0.6 is 0 Å². The molecule has 2 atom stereocenters. The fourth-order valence-corrected chi connectivity index (χ4v) is 6.99. The van der Waals surface area contributed by atoms with Gasteiger partial charge in [0.1, 0.15) is 0 Å². The van der Waals surface area contributed by atoms with Crippen molar-refractivity contribution in [3.63, 3.8) is 0 Å². The van der Waals surface area contributed by atoms with Crippen LogP contribution in [-0.2, 0) is 0 Å². The van der Waals surface area contributed by atoms with E-state index < -0.39 is 11.6 Å². The number of halogens is 2. The molecule has 3 fully saturated rings. The first-order chi connectivity index (χ1) is 13.6. The third-order valence-electron chi connectivity index (χ3n) is 8.62. The standard InChI is InChI=1S/C26H38F2/c1-2-3-18-4-5-23(16-18)21-10-6-19(7-11-21)20-8-12-22(13-9-20)24-14-15-25(27)26(28)17-24/h14-15,17-23H,2-13,16H2,1H3. The van der Waals surface area contributed by atoms with Crippen molar-refractivity contribution in [2.45, 2.75) is 96.3 Å². The van der Waals surface area contributed by atoms with Gasteiger partial charge in [-0.15, -0.1) is 0 Å². The average molecular weight is 389 g/mol. The second-order valence-electron chi connectivity index (χ2n) is 10.2. The summed E-state index contributed by atoms with van der Waals surface area (Å²) in [5, 5.41) is 0. The van der Waals surface area contributed by atoms with Crippen LogP contribution in [0.1, 0.15) is 102 Å². The van der Waals surface area contributed by atoms with Gasteiger partial charge < -0.3 is 0 Å². The highest BCUT2D eigenvalue weighted by Gasteiger charge is 2.36. The molecule has 0 saturated heterocycles. The Labute approximate surface area is 170 Å². The minimum atomic E-state index is -0.725. The van der Waals surface area contributed by atoms with Gasteiger partial charge in [-0.2, -0.15) is 0 Å². The smallest absolute Gasteiger partial charge is 0.159 e. The minimum absolute atomic E-state index is 0.427. The van der Waals surface area contributed by atoms with Crippen LogP contribution in [-0.4, -0.2) is 0 Å². The molecule has 0 amide bonds. The molecule has 3 aliphatic rings. The molecule has 156 valence electrons. The fourth-order valence-electron chi connectivity index (χ4n) is 6.99. The zero-order valence-electron chi connectivity index (χ0n) is 17.6. The molecule has 0 aromatic heterocycles. The molecule has 4 rings (SSSR count). The van der Waals surface area contributed by atoms with Gasteiger partial charge in [0.15, 0.2) is 11.6 Å². The quantitative estimate of drug-likeness (QED) is 0.476. The Balaban J connectivity index is 1.22. The summed E-state index contributed by atoms with van der Waals surface area (Å²) in [7, 11) is 0. The van der Waals surface area contributed by atoms with E-state index in [1.165, 1.54) is 82.8 Å². The Kier molecular flexibility index (Phi) is 6.74. The van der Waals surface area contributed by atoms with E-state index in [2.05, 4.69) is 6.92 Å². The molecule has 0 aliphatic heterocycles. The highest BCUT2D eigenvalue weighted by Crippen LogP contribution is 2.48. The summed E-state index contributed by atoms with van der Waals surface area (Å²) in [6, 6.07) is 4.52. The molecule has 0 spiro atoms. The first-order valence-electron chi connectivity index (χ1n) is 12.1. The fraction of sp³-hybridized carbons (Fsp3) is 0.769. The van der Waals surface area contributed by atoms with E-state index in [4.69, 9.17) is 0 Å². The number of rotatable bonds is 5. The second-order valence-corrected chi connectivity index (χ2v) is 10.2. The first kappa shape index (κ1) is 20.4. The Hall–Kier alpha value is -0.920. The van der Waals surface area contributed by atoms with Crippen LogP contribution in [0, 0.1) is 41.2 Å². The van der Waals surface area contributed by atoms with Gasteiger partial charge in [0, 0.05) is 0 Å². The largest absolute Gasteiger partial charge is 0.204 e. The molecule has 2 heteroatoms. The van der Waals surface area contributed by atoms with E-state index in [1.54, 1.807) is 6.07 Å². The normalized spacial score (nSPS) is 36.5. The van der Waals surface area contributed by atoms with Gasteiger partial charge in [-0.05, 0) is 117 Å². The lowest BCUT2D eigenvalue weighted by Crippen LogP contribution is -2.27. The molecule has 3 saturated carbocycles. The SMILES string of the molecule is CCCC1CCC(C2CCC(C3CCC(c4ccc(F)c(F)c4)CC3)CC2)C1. The maximum atomic E-state index is 13.6. The molecule has 0 nitrogen and oxygen atoms in total. The van der Waals surface area contributed by atoms with Crippen molar-refractivity contribution in [3.8, 4) is 0 Å². The highest BCUT2D eigenvalue weighted by molar-refractivity contribution is 5.22. The van der Waals surface area contributed by atoms with Crippen molar-refractivity contribution in [2.24, 2.45) is 29.6 Å². The summed E-state index contributed by atoms with van der Waals surface area (Å²) in [6.07, 6.45) is 18.0. The maximum Gasteiger partial charge on any atom is 0.159 e.